The number of pyridine rings is 1. The molecule has 1 heterocycles. The van der Waals surface area contributed by atoms with Crippen LogP contribution in [0.3, 0.4) is 0 Å². The Morgan fingerprint density at radius 1 is 0.952 bits per heavy atom. The largest absolute Gasteiger partial charge is 0.380 e. The number of hydrogen-bond donors (Lipinski definition) is 2. The number of nitrogens with one attached hydrogen (secondary N) is 2. The zero-order chi connectivity index (χ0) is 15.7. The fourth-order valence-electron chi connectivity index (χ4n) is 2.18. The van der Waals surface area contributed by atoms with Crippen LogP contribution in [0.4, 0.5) is 5.69 Å². The quantitative estimate of drug-likeness (QED) is 0.881. The zero-order valence-electron chi connectivity index (χ0n) is 14.0. The molecule has 1 aromatic carbocycles. The van der Waals surface area contributed by atoms with Crippen LogP contribution in [0, 0.1) is 0 Å². The molecule has 0 saturated carbocycles. The second-order valence-electron chi connectivity index (χ2n) is 7.66. The Kier molecular flexibility index (Phi) is 4.24. The highest BCUT2D eigenvalue weighted by atomic mass is 15.0. The number of fused-ring (bicyclic) bond motifs is 1. The highest BCUT2D eigenvalue weighted by Crippen LogP contribution is 2.26. The van der Waals surface area contributed by atoms with Crippen LogP contribution in [0.15, 0.2) is 30.3 Å². The summed E-state index contributed by atoms with van der Waals surface area (Å²) in [6, 6.07) is 10.5. The van der Waals surface area contributed by atoms with Crippen molar-refractivity contribution in [1.82, 2.24) is 10.3 Å². The van der Waals surface area contributed by atoms with Gasteiger partial charge in [-0.15, -0.1) is 0 Å². The first-order valence-electron chi connectivity index (χ1n) is 7.56. The third-order valence-electron chi connectivity index (χ3n) is 3.08. The number of benzene rings is 1. The van der Waals surface area contributed by atoms with Crippen LogP contribution in [-0.2, 0) is 6.54 Å². The lowest BCUT2D eigenvalue weighted by molar-refractivity contribution is 0.421. The van der Waals surface area contributed by atoms with Crippen LogP contribution in [0.5, 0.6) is 0 Å². The van der Waals surface area contributed by atoms with Gasteiger partial charge in [0.25, 0.3) is 0 Å². The number of anilines is 1. The Balaban J connectivity index is 2.39. The van der Waals surface area contributed by atoms with Gasteiger partial charge in [0.15, 0.2) is 0 Å². The SMILES string of the molecule is CC(C)(C)NCc1cc(NC(C)(C)C)c2ccccc2n1. The molecule has 0 unspecified atom stereocenters. The summed E-state index contributed by atoms with van der Waals surface area (Å²) in [7, 11) is 0. The Hall–Kier alpha value is -1.61. The van der Waals surface area contributed by atoms with Gasteiger partial charge in [-0.3, -0.25) is 4.98 Å². The molecule has 2 aromatic rings. The molecule has 0 aliphatic rings. The molecular weight excluding hydrogens is 258 g/mol. The van der Waals surface area contributed by atoms with E-state index in [4.69, 9.17) is 4.98 Å². The summed E-state index contributed by atoms with van der Waals surface area (Å²) in [5.41, 5.74) is 3.37. The summed E-state index contributed by atoms with van der Waals surface area (Å²) in [4.78, 5) is 4.77. The highest BCUT2D eigenvalue weighted by Gasteiger charge is 2.14. The molecule has 0 saturated heterocycles. The van der Waals surface area contributed by atoms with Crippen molar-refractivity contribution >= 4 is 16.6 Å². The van der Waals surface area contributed by atoms with Gasteiger partial charge in [-0.05, 0) is 53.7 Å². The molecule has 3 heteroatoms. The van der Waals surface area contributed by atoms with Crippen molar-refractivity contribution in [2.75, 3.05) is 5.32 Å². The lowest BCUT2D eigenvalue weighted by Gasteiger charge is -2.24. The number of aromatic nitrogens is 1. The van der Waals surface area contributed by atoms with Gasteiger partial charge in [0, 0.05) is 28.7 Å². The Bertz CT molecular complexity index is 618. The maximum atomic E-state index is 4.77. The van der Waals surface area contributed by atoms with E-state index in [1.807, 2.05) is 6.07 Å². The molecule has 0 amide bonds. The van der Waals surface area contributed by atoms with Gasteiger partial charge in [0.2, 0.25) is 0 Å². The van der Waals surface area contributed by atoms with Gasteiger partial charge < -0.3 is 10.6 Å². The van der Waals surface area contributed by atoms with Gasteiger partial charge in [0.1, 0.15) is 0 Å². The maximum absolute atomic E-state index is 4.77. The monoisotopic (exact) mass is 285 g/mol. The Labute approximate surface area is 128 Å². The third kappa shape index (κ3) is 4.71. The third-order valence-corrected chi connectivity index (χ3v) is 3.08. The minimum atomic E-state index is 0.0266. The molecule has 0 fully saturated rings. The highest BCUT2D eigenvalue weighted by molar-refractivity contribution is 5.91. The van der Waals surface area contributed by atoms with Crippen molar-refractivity contribution < 1.29 is 0 Å². The lowest BCUT2D eigenvalue weighted by atomic mass is 10.1. The minimum absolute atomic E-state index is 0.0266. The number of nitrogens with zero attached hydrogens (tertiary/aromatic N) is 1. The molecule has 0 atom stereocenters. The molecule has 0 aliphatic heterocycles. The van der Waals surface area contributed by atoms with E-state index < -0.39 is 0 Å². The van der Waals surface area contributed by atoms with E-state index in [-0.39, 0.29) is 11.1 Å². The van der Waals surface area contributed by atoms with Crippen molar-refractivity contribution in [2.45, 2.75) is 59.2 Å². The van der Waals surface area contributed by atoms with E-state index in [1.165, 1.54) is 5.39 Å². The van der Waals surface area contributed by atoms with Gasteiger partial charge in [-0.1, -0.05) is 18.2 Å². The fraction of sp³-hybridized carbons (Fsp3) is 0.500. The van der Waals surface area contributed by atoms with Crippen LogP contribution in [0.25, 0.3) is 10.9 Å². The molecule has 2 N–H and O–H groups in total. The molecule has 0 aliphatic carbocycles. The summed E-state index contributed by atoms with van der Waals surface area (Å²) in [5, 5.41) is 8.27. The molecule has 1 aromatic heterocycles. The Morgan fingerprint density at radius 2 is 1.62 bits per heavy atom. The summed E-state index contributed by atoms with van der Waals surface area (Å²) >= 11 is 0. The predicted octanol–water partition coefficient (Wildman–Crippen LogP) is 4.33. The summed E-state index contributed by atoms with van der Waals surface area (Å²) < 4.78 is 0. The van der Waals surface area contributed by atoms with Crippen LogP contribution in [0.2, 0.25) is 0 Å². The molecular formula is C18H27N3. The molecule has 2 rings (SSSR count). The second-order valence-corrected chi connectivity index (χ2v) is 7.66. The van der Waals surface area contributed by atoms with Crippen molar-refractivity contribution in [3.05, 3.63) is 36.0 Å². The predicted molar refractivity (Wildman–Crippen MR) is 91.7 cm³/mol. The lowest BCUT2D eigenvalue weighted by Crippen LogP contribution is -2.35. The van der Waals surface area contributed by atoms with E-state index in [0.29, 0.717) is 0 Å². The van der Waals surface area contributed by atoms with E-state index in [1.54, 1.807) is 0 Å². The average molecular weight is 285 g/mol. The van der Waals surface area contributed by atoms with E-state index in [9.17, 15) is 0 Å². The Morgan fingerprint density at radius 3 is 2.24 bits per heavy atom. The van der Waals surface area contributed by atoms with Crippen LogP contribution in [0.1, 0.15) is 47.2 Å². The maximum Gasteiger partial charge on any atom is 0.0726 e. The second kappa shape index (κ2) is 5.64. The molecule has 0 radical (unpaired) electrons. The number of hydrogen-bond acceptors (Lipinski definition) is 3. The molecule has 3 nitrogen and oxygen atoms in total. The van der Waals surface area contributed by atoms with Crippen molar-refractivity contribution in [3.8, 4) is 0 Å². The molecule has 114 valence electrons. The zero-order valence-corrected chi connectivity index (χ0v) is 14.0. The topological polar surface area (TPSA) is 37.0 Å². The van der Waals surface area contributed by atoms with Crippen LogP contribution in [-0.4, -0.2) is 16.1 Å². The van der Waals surface area contributed by atoms with Crippen molar-refractivity contribution in [2.24, 2.45) is 0 Å². The first-order valence-corrected chi connectivity index (χ1v) is 7.56. The minimum Gasteiger partial charge on any atom is -0.380 e. The number of para-hydroxylation sites is 1. The fourth-order valence-corrected chi connectivity index (χ4v) is 2.18. The van der Waals surface area contributed by atoms with Gasteiger partial charge in [-0.25, -0.2) is 0 Å². The van der Waals surface area contributed by atoms with E-state index >= 15 is 0 Å². The van der Waals surface area contributed by atoms with E-state index in [2.05, 4.69) is 76.4 Å². The van der Waals surface area contributed by atoms with Gasteiger partial charge >= 0.3 is 0 Å². The van der Waals surface area contributed by atoms with Crippen LogP contribution >= 0.6 is 0 Å². The average Bonchev–Trinajstić information content (AvgIpc) is 2.34. The number of rotatable bonds is 3. The summed E-state index contributed by atoms with van der Waals surface area (Å²) in [6.07, 6.45) is 0. The smallest absolute Gasteiger partial charge is 0.0726 e. The summed E-state index contributed by atoms with van der Waals surface area (Å²) in [5.74, 6) is 0. The van der Waals surface area contributed by atoms with Crippen molar-refractivity contribution in [3.63, 3.8) is 0 Å². The standard InChI is InChI=1S/C18H27N3/c1-17(2,3)19-12-13-11-16(21-18(4,5)6)14-9-7-8-10-15(14)20-13/h7-11,19H,12H2,1-6H3,(H,20,21). The molecule has 21 heavy (non-hydrogen) atoms. The first-order chi connectivity index (χ1) is 9.64. The van der Waals surface area contributed by atoms with Crippen LogP contribution < -0.4 is 10.6 Å². The van der Waals surface area contributed by atoms with Gasteiger partial charge in [-0.2, -0.15) is 0 Å². The van der Waals surface area contributed by atoms with Gasteiger partial charge in [0.05, 0.1) is 11.2 Å². The van der Waals surface area contributed by atoms with E-state index in [0.717, 1.165) is 23.4 Å². The molecule has 0 bridgehead atoms. The normalized spacial score (nSPS) is 12.7. The first kappa shape index (κ1) is 15.8. The molecule has 0 spiro atoms. The van der Waals surface area contributed by atoms with Crippen molar-refractivity contribution in [1.29, 1.82) is 0 Å². The summed E-state index contributed by atoms with van der Waals surface area (Å²) in [6.45, 7) is 13.8.